The van der Waals surface area contributed by atoms with Gasteiger partial charge in [-0.3, -0.25) is 14.4 Å². The number of hydrogen-bond acceptors (Lipinski definition) is 5. The lowest BCUT2D eigenvalue weighted by Gasteiger charge is -2.46. The Bertz CT molecular complexity index is 1190. The summed E-state index contributed by atoms with van der Waals surface area (Å²) in [7, 11) is 0. The van der Waals surface area contributed by atoms with Gasteiger partial charge in [0.05, 0.1) is 29.7 Å². The van der Waals surface area contributed by atoms with Crippen LogP contribution in [0.1, 0.15) is 90.5 Å². The second-order valence-corrected chi connectivity index (χ2v) is 12.3. The quantitative estimate of drug-likeness (QED) is 0.518. The van der Waals surface area contributed by atoms with Gasteiger partial charge >= 0.3 is 6.09 Å². The average Bonchev–Trinajstić information content (AvgIpc) is 3.63. The van der Waals surface area contributed by atoms with E-state index in [1.165, 1.54) is 51.4 Å². The summed E-state index contributed by atoms with van der Waals surface area (Å²) >= 11 is 0. The van der Waals surface area contributed by atoms with Crippen molar-refractivity contribution >= 4 is 23.4 Å². The smallest absolute Gasteiger partial charge is 0.414 e. The molecule has 2 aliphatic carbocycles. The van der Waals surface area contributed by atoms with Crippen molar-refractivity contribution in [2.45, 2.75) is 103 Å². The molecular formula is C31H43N5O3. The normalized spacial score (nSPS) is 25.4. The highest BCUT2D eigenvalue weighted by Gasteiger charge is 2.44. The Morgan fingerprint density at radius 2 is 1.74 bits per heavy atom. The molecule has 8 nitrogen and oxygen atoms in total. The van der Waals surface area contributed by atoms with Crippen LogP contribution in [0.15, 0.2) is 30.6 Å². The molecule has 1 N–H and O–H groups in total. The van der Waals surface area contributed by atoms with Gasteiger partial charge in [0, 0.05) is 37.2 Å². The molecule has 6 rings (SSSR count). The molecule has 210 valence electrons. The minimum absolute atomic E-state index is 0.0212. The number of nitrogens with zero attached hydrogens (tertiary/aromatic N) is 4. The van der Waals surface area contributed by atoms with E-state index in [4.69, 9.17) is 4.74 Å². The molecule has 1 aromatic carbocycles. The maximum atomic E-state index is 14.0. The fourth-order valence-electron chi connectivity index (χ4n) is 7.14. The number of rotatable bonds is 3. The van der Waals surface area contributed by atoms with Crippen LogP contribution in [0.5, 0.6) is 0 Å². The van der Waals surface area contributed by atoms with E-state index in [0.717, 1.165) is 48.3 Å². The van der Waals surface area contributed by atoms with Gasteiger partial charge in [-0.1, -0.05) is 44.6 Å². The number of aromatic nitrogens is 2. The highest BCUT2D eigenvalue weighted by Crippen LogP contribution is 2.44. The summed E-state index contributed by atoms with van der Waals surface area (Å²) in [4.78, 5) is 30.2. The van der Waals surface area contributed by atoms with Gasteiger partial charge in [0.2, 0.25) is 5.91 Å². The van der Waals surface area contributed by atoms with E-state index >= 15 is 0 Å². The van der Waals surface area contributed by atoms with Crippen LogP contribution in [0.2, 0.25) is 0 Å². The molecule has 2 saturated carbocycles. The summed E-state index contributed by atoms with van der Waals surface area (Å²) in [6.07, 6.45) is 16.8. The van der Waals surface area contributed by atoms with Gasteiger partial charge < -0.3 is 15.0 Å². The first kappa shape index (κ1) is 26.4. The van der Waals surface area contributed by atoms with Crippen LogP contribution in [0.3, 0.4) is 0 Å². The Hall–Kier alpha value is -2.87. The summed E-state index contributed by atoms with van der Waals surface area (Å²) in [6, 6.07) is 6.39. The Morgan fingerprint density at radius 3 is 2.46 bits per heavy atom. The predicted molar refractivity (Wildman–Crippen MR) is 153 cm³/mol. The fourth-order valence-corrected chi connectivity index (χ4v) is 7.14. The number of amides is 2. The largest absolute Gasteiger partial charge is 0.444 e. The maximum Gasteiger partial charge on any atom is 0.414 e. The second kappa shape index (κ2) is 11.0. The minimum Gasteiger partial charge on any atom is -0.444 e. The van der Waals surface area contributed by atoms with Gasteiger partial charge in [-0.15, -0.1) is 0 Å². The number of fused-ring (bicyclic) bond motifs is 1. The van der Waals surface area contributed by atoms with Crippen molar-refractivity contribution in [3.05, 3.63) is 30.6 Å². The molecule has 0 bridgehead atoms. The molecule has 1 aromatic heterocycles. The van der Waals surface area contributed by atoms with Crippen molar-refractivity contribution in [2.24, 2.45) is 5.41 Å². The molecular weight excluding hydrogens is 490 g/mol. The van der Waals surface area contributed by atoms with E-state index in [0.29, 0.717) is 19.1 Å². The molecule has 4 aliphatic rings. The van der Waals surface area contributed by atoms with E-state index in [9.17, 15) is 9.59 Å². The molecule has 2 aliphatic heterocycles. The van der Waals surface area contributed by atoms with Crippen LogP contribution >= 0.6 is 0 Å². The van der Waals surface area contributed by atoms with Crippen LogP contribution in [0, 0.1) is 5.41 Å². The van der Waals surface area contributed by atoms with E-state index < -0.39 is 0 Å². The van der Waals surface area contributed by atoms with Gasteiger partial charge in [-0.05, 0) is 63.3 Å². The SMILES string of the molecule is CC(=O)N1c2ccc(-c3cnn(C4CC4)c3)cc2N(C(=O)OC2CNCCC23CCCCCCCC3)C[C@@H]1C. The Labute approximate surface area is 232 Å². The average molecular weight is 534 g/mol. The number of nitrogens with one attached hydrogen (secondary N) is 1. The first-order chi connectivity index (χ1) is 18.9. The molecule has 39 heavy (non-hydrogen) atoms. The van der Waals surface area contributed by atoms with Gasteiger partial charge in [-0.25, -0.2) is 4.79 Å². The van der Waals surface area contributed by atoms with Crippen LogP contribution in [-0.2, 0) is 9.53 Å². The summed E-state index contributed by atoms with van der Waals surface area (Å²) < 4.78 is 8.50. The van der Waals surface area contributed by atoms with Crippen molar-refractivity contribution in [1.82, 2.24) is 15.1 Å². The predicted octanol–water partition coefficient (Wildman–Crippen LogP) is 6.07. The van der Waals surface area contributed by atoms with Crippen LogP contribution in [0.4, 0.5) is 16.2 Å². The lowest BCUT2D eigenvalue weighted by molar-refractivity contribution is -0.117. The van der Waals surface area contributed by atoms with Crippen molar-refractivity contribution in [2.75, 3.05) is 29.4 Å². The van der Waals surface area contributed by atoms with Crippen LogP contribution < -0.4 is 15.1 Å². The number of benzene rings is 1. The zero-order valence-corrected chi connectivity index (χ0v) is 23.5. The monoisotopic (exact) mass is 533 g/mol. The number of carbonyl (C=O) groups is 2. The lowest BCUT2D eigenvalue weighted by atomic mass is 9.70. The first-order valence-corrected chi connectivity index (χ1v) is 15.1. The highest BCUT2D eigenvalue weighted by atomic mass is 16.6. The third-order valence-corrected chi connectivity index (χ3v) is 9.48. The summed E-state index contributed by atoms with van der Waals surface area (Å²) in [5.41, 5.74) is 3.56. The van der Waals surface area contributed by atoms with Crippen LogP contribution in [-0.4, -0.2) is 53.6 Å². The Kier molecular flexibility index (Phi) is 7.40. The highest BCUT2D eigenvalue weighted by molar-refractivity contribution is 6.03. The van der Waals surface area contributed by atoms with Gasteiger partial charge in [-0.2, -0.15) is 5.10 Å². The number of piperidine rings is 1. The van der Waals surface area contributed by atoms with Crippen LogP contribution in [0.25, 0.3) is 11.1 Å². The maximum absolute atomic E-state index is 14.0. The zero-order chi connectivity index (χ0) is 27.0. The minimum atomic E-state index is -0.301. The molecule has 1 spiro atoms. The molecule has 2 aromatic rings. The molecule has 1 unspecified atom stereocenters. The third kappa shape index (κ3) is 5.32. The van der Waals surface area contributed by atoms with Gasteiger partial charge in [0.1, 0.15) is 6.10 Å². The number of carbonyl (C=O) groups excluding carboxylic acids is 2. The molecule has 2 amide bonds. The standard InChI is InChI=1S/C31H43N5O3/c1-22-20-34(30(38)39-29-19-32-16-15-31(29)13-7-5-3-4-6-8-14-31)28-17-24(9-12-27(28)36(22)23(2)37)25-18-33-35(21-25)26-10-11-26/h9,12,17-18,21-22,26,29,32H,3-8,10-11,13-16,19-20H2,1-2H3/t22-,29?/m0/s1. The number of anilines is 2. The van der Waals surface area contributed by atoms with Gasteiger partial charge in [0.25, 0.3) is 0 Å². The van der Waals surface area contributed by atoms with Crippen molar-refractivity contribution < 1.29 is 14.3 Å². The lowest BCUT2D eigenvalue weighted by Crippen LogP contribution is -2.55. The molecule has 1 saturated heterocycles. The molecule has 0 radical (unpaired) electrons. The van der Waals surface area contributed by atoms with Crippen molar-refractivity contribution in [1.29, 1.82) is 0 Å². The summed E-state index contributed by atoms with van der Waals surface area (Å²) in [5, 5.41) is 8.07. The van der Waals surface area contributed by atoms with E-state index in [1.54, 1.807) is 16.7 Å². The summed E-state index contributed by atoms with van der Waals surface area (Å²) in [5.74, 6) is -0.0212. The fraction of sp³-hybridized carbons (Fsp3) is 0.645. The molecule has 3 fully saturated rings. The van der Waals surface area contributed by atoms with E-state index in [1.807, 2.05) is 36.0 Å². The van der Waals surface area contributed by atoms with E-state index in [2.05, 4.69) is 16.6 Å². The number of hydrogen-bond donors (Lipinski definition) is 1. The molecule has 3 heterocycles. The van der Waals surface area contributed by atoms with Crippen molar-refractivity contribution in [3.63, 3.8) is 0 Å². The third-order valence-electron chi connectivity index (χ3n) is 9.48. The molecule has 2 atom stereocenters. The topological polar surface area (TPSA) is 79.7 Å². The number of ether oxygens (including phenoxy) is 1. The Morgan fingerprint density at radius 1 is 1.00 bits per heavy atom. The zero-order valence-electron chi connectivity index (χ0n) is 23.5. The summed E-state index contributed by atoms with van der Waals surface area (Å²) in [6.45, 7) is 5.70. The van der Waals surface area contributed by atoms with Crippen molar-refractivity contribution in [3.8, 4) is 11.1 Å². The first-order valence-electron chi connectivity index (χ1n) is 15.1. The van der Waals surface area contributed by atoms with E-state index in [-0.39, 0.29) is 29.6 Å². The second-order valence-electron chi connectivity index (χ2n) is 12.3. The molecule has 8 heteroatoms. The van der Waals surface area contributed by atoms with Gasteiger partial charge in [0.15, 0.2) is 0 Å². The Balaban J connectivity index is 1.30.